The highest BCUT2D eigenvalue weighted by Crippen LogP contribution is 2.21. The van der Waals surface area contributed by atoms with E-state index in [1.54, 1.807) is 42.7 Å². The first-order valence-electron chi connectivity index (χ1n) is 8.62. The topological polar surface area (TPSA) is 119 Å². The number of benzene rings is 1. The third-order valence-electron chi connectivity index (χ3n) is 3.82. The summed E-state index contributed by atoms with van der Waals surface area (Å²) in [5, 5.41) is 25.5. The minimum absolute atomic E-state index is 0.0231. The number of nitrogens with zero attached hydrogens (tertiary/aromatic N) is 3. The predicted octanol–water partition coefficient (Wildman–Crippen LogP) is 2.77. The van der Waals surface area contributed by atoms with Crippen molar-refractivity contribution in [3.05, 3.63) is 65.7 Å². The number of aromatic nitrogens is 3. The van der Waals surface area contributed by atoms with Gasteiger partial charge in [0.2, 0.25) is 5.95 Å². The lowest BCUT2D eigenvalue weighted by Crippen LogP contribution is -2.09. The smallest absolute Gasteiger partial charge is 0.224 e. The molecule has 0 aliphatic rings. The number of pyridine rings is 1. The Morgan fingerprint density at radius 1 is 1.11 bits per heavy atom. The van der Waals surface area contributed by atoms with Crippen molar-refractivity contribution in [1.29, 1.82) is 5.41 Å². The van der Waals surface area contributed by atoms with Gasteiger partial charge in [0, 0.05) is 54.6 Å². The number of halogens is 1. The molecule has 3 rings (SSSR count). The second kappa shape index (κ2) is 9.38. The van der Waals surface area contributed by atoms with Gasteiger partial charge in [0.15, 0.2) is 0 Å². The third-order valence-corrected chi connectivity index (χ3v) is 3.82. The molecule has 2 heterocycles. The van der Waals surface area contributed by atoms with Gasteiger partial charge in [0.25, 0.3) is 0 Å². The van der Waals surface area contributed by atoms with Crippen LogP contribution < -0.4 is 16.0 Å². The van der Waals surface area contributed by atoms with Crippen LogP contribution in [0.2, 0.25) is 0 Å². The summed E-state index contributed by atoms with van der Waals surface area (Å²) in [7, 11) is 0. The molecule has 144 valence electrons. The van der Waals surface area contributed by atoms with Gasteiger partial charge in [-0.25, -0.2) is 14.4 Å². The van der Waals surface area contributed by atoms with Gasteiger partial charge in [0.1, 0.15) is 17.5 Å². The number of hydrogen-bond donors (Lipinski definition) is 5. The molecule has 0 radical (unpaired) electrons. The summed E-state index contributed by atoms with van der Waals surface area (Å²) in [5.74, 6) is 1.12. The summed E-state index contributed by atoms with van der Waals surface area (Å²) >= 11 is 0. The zero-order valence-corrected chi connectivity index (χ0v) is 15.0. The molecule has 3 aromatic rings. The Balaban J connectivity index is 1.75. The van der Waals surface area contributed by atoms with Crippen LogP contribution in [0.25, 0.3) is 0 Å². The maximum Gasteiger partial charge on any atom is 0.224 e. The van der Waals surface area contributed by atoms with E-state index in [4.69, 9.17) is 10.5 Å². The lowest BCUT2D eigenvalue weighted by atomic mass is 10.2. The molecular weight excluding hydrogens is 361 g/mol. The predicted molar refractivity (Wildman–Crippen MR) is 107 cm³/mol. The highest BCUT2D eigenvalue weighted by Gasteiger charge is 2.07. The van der Waals surface area contributed by atoms with E-state index >= 15 is 0 Å². The SMILES string of the molecule is N=Cc1cnc(Nc2ccnc(NCCO)n2)cc1NCc1ccccc1F. The van der Waals surface area contributed by atoms with E-state index < -0.39 is 0 Å². The van der Waals surface area contributed by atoms with Gasteiger partial charge in [-0.3, -0.25) is 0 Å². The number of hydrogen-bond acceptors (Lipinski definition) is 8. The third kappa shape index (κ3) is 4.98. The standard InChI is InChI=1S/C19H20FN7O/c20-15-4-2-1-3-13(15)11-24-16-9-18(25-12-14(16)10-21)26-17-5-6-22-19(27-17)23-7-8-28/h1-6,9-10,12,21,28H,7-8,11H2,(H3,22,23,24,25,26,27). The van der Waals surface area contributed by atoms with Crippen molar-refractivity contribution in [3.8, 4) is 0 Å². The van der Waals surface area contributed by atoms with Crippen LogP contribution >= 0.6 is 0 Å². The van der Waals surface area contributed by atoms with E-state index in [9.17, 15) is 4.39 Å². The normalized spacial score (nSPS) is 10.4. The summed E-state index contributed by atoms with van der Waals surface area (Å²) in [5.41, 5.74) is 1.75. The Morgan fingerprint density at radius 3 is 2.75 bits per heavy atom. The minimum Gasteiger partial charge on any atom is -0.395 e. The number of anilines is 4. The molecule has 0 fully saturated rings. The molecule has 0 amide bonds. The first kappa shape index (κ1) is 19.2. The molecule has 28 heavy (non-hydrogen) atoms. The summed E-state index contributed by atoms with van der Waals surface area (Å²) < 4.78 is 13.8. The van der Waals surface area contributed by atoms with Crippen molar-refractivity contribution in [2.75, 3.05) is 29.1 Å². The van der Waals surface area contributed by atoms with Crippen LogP contribution in [-0.2, 0) is 6.54 Å². The van der Waals surface area contributed by atoms with Gasteiger partial charge < -0.3 is 26.5 Å². The highest BCUT2D eigenvalue weighted by molar-refractivity contribution is 5.86. The largest absolute Gasteiger partial charge is 0.395 e. The van der Waals surface area contributed by atoms with E-state index in [-0.39, 0.29) is 19.0 Å². The maximum absolute atomic E-state index is 13.8. The van der Waals surface area contributed by atoms with Crippen molar-refractivity contribution in [2.45, 2.75) is 6.54 Å². The molecule has 0 bridgehead atoms. The Bertz CT molecular complexity index is 951. The quantitative estimate of drug-likeness (QED) is 0.362. The first-order chi connectivity index (χ1) is 13.7. The fraction of sp³-hybridized carbons (Fsp3) is 0.158. The first-order valence-corrected chi connectivity index (χ1v) is 8.62. The van der Waals surface area contributed by atoms with Gasteiger partial charge in [-0.2, -0.15) is 4.98 Å². The number of aliphatic hydroxyl groups excluding tert-OH is 1. The van der Waals surface area contributed by atoms with E-state index in [0.29, 0.717) is 40.9 Å². The molecule has 0 atom stereocenters. The van der Waals surface area contributed by atoms with Crippen LogP contribution in [0, 0.1) is 11.2 Å². The van der Waals surface area contributed by atoms with Crippen molar-refractivity contribution in [1.82, 2.24) is 15.0 Å². The van der Waals surface area contributed by atoms with Gasteiger partial charge in [0.05, 0.1) is 6.61 Å². The average molecular weight is 381 g/mol. The second-order valence-electron chi connectivity index (χ2n) is 5.79. The molecule has 0 unspecified atom stereocenters. The molecule has 8 nitrogen and oxygen atoms in total. The maximum atomic E-state index is 13.8. The van der Waals surface area contributed by atoms with E-state index in [2.05, 4.69) is 30.9 Å². The van der Waals surface area contributed by atoms with E-state index in [0.717, 1.165) is 0 Å². The molecule has 2 aromatic heterocycles. The molecule has 0 aliphatic heterocycles. The molecule has 9 heteroatoms. The fourth-order valence-corrected chi connectivity index (χ4v) is 2.45. The molecule has 0 spiro atoms. The minimum atomic E-state index is -0.289. The summed E-state index contributed by atoms with van der Waals surface area (Å²) in [6.07, 6.45) is 4.31. The van der Waals surface area contributed by atoms with Crippen molar-refractivity contribution in [3.63, 3.8) is 0 Å². The zero-order chi connectivity index (χ0) is 19.8. The van der Waals surface area contributed by atoms with Crippen LogP contribution in [-0.4, -0.2) is 39.4 Å². The molecule has 5 N–H and O–H groups in total. The molecular formula is C19H20FN7O. The van der Waals surface area contributed by atoms with Crippen LogP contribution in [0.1, 0.15) is 11.1 Å². The van der Waals surface area contributed by atoms with Gasteiger partial charge >= 0.3 is 0 Å². The molecule has 1 aromatic carbocycles. The number of rotatable bonds is 9. The van der Waals surface area contributed by atoms with Crippen LogP contribution in [0.15, 0.2) is 48.8 Å². The molecule has 0 saturated carbocycles. The van der Waals surface area contributed by atoms with E-state index in [1.807, 2.05) is 0 Å². The van der Waals surface area contributed by atoms with Crippen molar-refractivity contribution in [2.24, 2.45) is 0 Å². The second-order valence-corrected chi connectivity index (χ2v) is 5.79. The Morgan fingerprint density at radius 2 is 1.96 bits per heavy atom. The molecule has 0 saturated heterocycles. The van der Waals surface area contributed by atoms with Gasteiger partial charge in [-0.05, 0) is 12.1 Å². The summed E-state index contributed by atoms with van der Waals surface area (Å²) in [6.45, 7) is 0.601. The Hall–Kier alpha value is -3.59. The lowest BCUT2D eigenvalue weighted by Gasteiger charge is -2.12. The summed E-state index contributed by atoms with van der Waals surface area (Å²) in [4.78, 5) is 12.6. The van der Waals surface area contributed by atoms with Crippen LogP contribution in [0.4, 0.5) is 27.7 Å². The van der Waals surface area contributed by atoms with Crippen molar-refractivity contribution >= 4 is 29.5 Å². The number of aliphatic hydroxyl groups is 1. The van der Waals surface area contributed by atoms with Crippen LogP contribution in [0.5, 0.6) is 0 Å². The summed E-state index contributed by atoms with van der Waals surface area (Å²) in [6, 6.07) is 9.93. The Labute approximate surface area is 161 Å². The zero-order valence-electron chi connectivity index (χ0n) is 15.0. The Kier molecular flexibility index (Phi) is 6.42. The van der Waals surface area contributed by atoms with Gasteiger partial charge in [-0.1, -0.05) is 18.2 Å². The fourth-order valence-electron chi connectivity index (χ4n) is 2.45. The van der Waals surface area contributed by atoms with Crippen LogP contribution in [0.3, 0.4) is 0 Å². The lowest BCUT2D eigenvalue weighted by molar-refractivity contribution is 0.311. The number of nitrogens with one attached hydrogen (secondary N) is 4. The van der Waals surface area contributed by atoms with Gasteiger partial charge in [-0.15, -0.1) is 0 Å². The molecule has 0 aliphatic carbocycles. The monoisotopic (exact) mass is 381 g/mol. The highest BCUT2D eigenvalue weighted by atomic mass is 19.1. The van der Waals surface area contributed by atoms with Crippen molar-refractivity contribution < 1.29 is 9.50 Å². The average Bonchev–Trinajstić information content (AvgIpc) is 2.72. The van der Waals surface area contributed by atoms with E-state index in [1.165, 1.54) is 12.3 Å².